The zero-order chi connectivity index (χ0) is 19.4. The third kappa shape index (κ3) is 5.55. The molecule has 4 nitrogen and oxygen atoms in total. The van der Waals surface area contributed by atoms with E-state index in [1.54, 1.807) is 35.4 Å². The van der Waals surface area contributed by atoms with E-state index in [0.717, 1.165) is 16.9 Å². The van der Waals surface area contributed by atoms with Crippen LogP contribution in [-0.4, -0.2) is 17.4 Å². The Morgan fingerprint density at radius 2 is 1.79 bits per heavy atom. The van der Waals surface area contributed by atoms with E-state index >= 15 is 0 Å². The van der Waals surface area contributed by atoms with Gasteiger partial charge >= 0.3 is 0 Å². The van der Waals surface area contributed by atoms with Crippen LogP contribution in [0.5, 0.6) is 0 Å². The SMILES string of the molecule is Cc1ccc(CCN(C(=O)[C@@H](N)c2ccc(Cl)cc2)c2ncc(C)s2)cc1.Cl. The van der Waals surface area contributed by atoms with Crippen molar-refractivity contribution in [3.8, 4) is 0 Å². The molecule has 2 N–H and O–H groups in total. The van der Waals surface area contributed by atoms with Crippen LogP contribution < -0.4 is 10.6 Å². The largest absolute Gasteiger partial charge is 0.316 e. The van der Waals surface area contributed by atoms with Gasteiger partial charge < -0.3 is 5.73 Å². The van der Waals surface area contributed by atoms with Gasteiger partial charge in [-0.3, -0.25) is 9.69 Å². The zero-order valence-corrected chi connectivity index (χ0v) is 18.2. The highest BCUT2D eigenvalue weighted by Gasteiger charge is 2.25. The molecule has 0 aliphatic heterocycles. The molecule has 1 atom stereocenters. The van der Waals surface area contributed by atoms with E-state index in [2.05, 4.69) is 36.2 Å². The molecule has 0 bridgehead atoms. The number of nitrogens with zero attached hydrogens (tertiary/aromatic N) is 2. The van der Waals surface area contributed by atoms with Crippen molar-refractivity contribution in [3.63, 3.8) is 0 Å². The van der Waals surface area contributed by atoms with Crippen molar-refractivity contribution < 1.29 is 4.79 Å². The van der Waals surface area contributed by atoms with Gasteiger partial charge in [0.1, 0.15) is 6.04 Å². The van der Waals surface area contributed by atoms with Crippen LogP contribution in [-0.2, 0) is 11.2 Å². The highest BCUT2D eigenvalue weighted by molar-refractivity contribution is 7.15. The Hall–Kier alpha value is -1.92. The summed E-state index contributed by atoms with van der Waals surface area (Å²) in [6, 6.07) is 14.6. The average molecular weight is 436 g/mol. The first-order chi connectivity index (χ1) is 12.9. The van der Waals surface area contributed by atoms with Gasteiger partial charge in [0.15, 0.2) is 5.13 Å². The Labute approximate surface area is 180 Å². The summed E-state index contributed by atoms with van der Waals surface area (Å²) in [7, 11) is 0. The highest BCUT2D eigenvalue weighted by Crippen LogP contribution is 2.25. The van der Waals surface area contributed by atoms with Crippen LogP contribution in [0.25, 0.3) is 0 Å². The molecule has 3 aromatic rings. The molecule has 148 valence electrons. The predicted octanol–water partition coefficient (Wildman–Crippen LogP) is 5.11. The minimum absolute atomic E-state index is 0. The highest BCUT2D eigenvalue weighted by atomic mass is 35.5. The lowest BCUT2D eigenvalue weighted by Gasteiger charge is -2.24. The van der Waals surface area contributed by atoms with Gasteiger partial charge in [-0.25, -0.2) is 4.98 Å². The molecule has 0 saturated heterocycles. The van der Waals surface area contributed by atoms with Crippen LogP contribution >= 0.6 is 35.3 Å². The van der Waals surface area contributed by atoms with E-state index in [9.17, 15) is 4.79 Å². The lowest BCUT2D eigenvalue weighted by atomic mass is 10.1. The fourth-order valence-corrected chi connectivity index (χ4v) is 3.66. The van der Waals surface area contributed by atoms with E-state index in [0.29, 0.717) is 16.7 Å². The molecule has 0 aliphatic carbocycles. The van der Waals surface area contributed by atoms with Crippen molar-refractivity contribution >= 4 is 46.4 Å². The first-order valence-corrected chi connectivity index (χ1v) is 9.94. The third-order valence-electron chi connectivity index (χ3n) is 4.35. The molecule has 28 heavy (non-hydrogen) atoms. The molecular formula is C21H23Cl2N3OS. The molecule has 2 aromatic carbocycles. The maximum absolute atomic E-state index is 13.1. The summed E-state index contributed by atoms with van der Waals surface area (Å²) < 4.78 is 0. The second kappa shape index (κ2) is 10.0. The molecule has 7 heteroatoms. The van der Waals surface area contributed by atoms with Crippen LogP contribution in [0.2, 0.25) is 5.02 Å². The van der Waals surface area contributed by atoms with Gasteiger partial charge in [0.05, 0.1) is 0 Å². The van der Waals surface area contributed by atoms with Gasteiger partial charge in [-0.1, -0.05) is 53.6 Å². The number of hydrogen-bond donors (Lipinski definition) is 1. The predicted molar refractivity (Wildman–Crippen MR) is 120 cm³/mol. The molecule has 1 amide bonds. The summed E-state index contributed by atoms with van der Waals surface area (Å²) in [6.45, 7) is 4.56. The fraction of sp³-hybridized carbons (Fsp3) is 0.238. The Morgan fingerprint density at radius 1 is 1.14 bits per heavy atom. The Morgan fingerprint density at radius 3 is 2.36 bits per heavy atom. The fourth-order valence-electron chi connectivity index (χ4n) is 2.74. The van der Waals surface area contributed by atoms with Crippen molar-refractivity contribution in [3.05, 3.63) is 81.3 Å². The third-order valence-corrected chi connectivity index (χ3v) is 5.53. The summed E-state index contributed by atoms with van der Waals surface area (Å²) >= 11 is 7.44. The van der Waals surface area contributed by atoms with Gasteiger partial charge in [-0.05, 0) is 43.5 Å². The molecule has 0 radical (unpaired) electrons. The normalized spacial score (nSPS) is 11.6. The Kier molecular flexibility index (Phi) is 8.01. The number of halogens is 2. The Bertz CT molecular complexity index is 910. The van der Waals surface area contributed by atoms with Gasteiger partial charge in [0.2, 0.25) is 5.91 Å². The summed E-state index contributed by atoms with van der Waals surface area (Å²) in [5, 5.41) is 1.29. The number of carbonyl (C=O) groups excluding carboxylic acids is 1. The van der Waals surface area contributed by atoms with Crippen LogP contribution in [0.4, 0.5) is 5.13 Å². The first-order valence-electron chi connectivity index (χ1n) is 8.74. The second-order valence-corrected chi connectivity index (χ2v) is 8.16. The maximum atomic E-state index is 13.1. The van der Waals surface area contributed by atoms with E-state index < -0.39 is 6.04 Å². The number of carbonyl (C=O) groups is 1. The number of aromatic nitrogens is 1. The minimum Gasteiger partial charge on any atom is -0.316 e. The van der Waals surface area contributed by atoms with Crippen LogP contribution in [0.3, 0.4) is 0 Å². The molecular weight excluding hydrogens is 413 g/mol. The van der Waals surface area contributed by atoms with Crippen LogP contribution in [0.1, 0.15) is 27.6 Å². The van der Waals surface area contributed by atoms with Crippen molar-refractivity contribution in [1.29, 1.82) is 0 Å². The quantitative estimate of drug-likeness (QED) is 0.584. The van der Waals surface area contributed by atoms with E-state index in [-0.39, 0.29) is 18.3 Å². The molecule has 0 aliphatic rings. The van der Waals surface area contributed by atoms with Gasteiger partial charge in [0, 0.05) is 22.6 Å². The number of anilines is 1. The second-order valence-electron chi connectivity index (χ2n) is 6.51. The summed E-state index contributed by atoms with van der Waals surface area (Å²) in [5.41, 5.74) is 9.39. The van der Waals surface area contributed by atoms with E-state index in [1.165, 1.54) is 22.5 Å². The molecule has 3 rings (SSSR count). The average Bonchev–Trinajstić information content (AvgIpc) is 3.09. The topological polar surface area (TPSA) is 59.2 Å². The molecule has 0 fully saturated rings. The molecule has 1 aromatic heterocycles. The molecule has 0 saturated carbocycles. The maximum Gasteiger partial charge on any atom is 0.250 e. The Balaban J connectivity index is 0.00000280. The number of amides is 1. The number of nitrogens with two attached hydrogens (primary N) is 1. The van der Waals surface area contributed by atoms with E-state index in [4.69, 9.17) is 17.3 Å². The monoisotopic (exact) mass is 435 g/mol. The van der Waals surface area contributed by atoms with Gasteiger partial charge in [0.25, 0.3) is 0 Å². The molecule has 0 spiro atoms. The van der Waals surface area contributed by atoms with Crippen molar-refractivity contribution in [2.75, 3.05) is 11.4 Å². The molecule has 0 unspecified atom stereocenters. The first kappa shape index (κ1) is 22.4. The summed E-state index contributed by atoms with van der Waals surface area (Å²) in [6.07, 6.45) is 2.51. The number of hydrogen-bond acceptors (Lipinski definition) is 4. The smallest absolute Gasteiger partial charge is 0.250 e. The summed E-state index contributed by atoms with van der Waals surface area (Å²) in [5.74, 6) is -0.168. The lowest BCUT2D eigenvalue weighted by molar-refractivity contribution is -0.120. The lowest BCUT2D eigenvalue weighted by Crippen LogP contribution is -2.40. The number of benzene rings is 2. The van der Waals surface area contributed by atoms with Gasteiger partial charge in [-0.15, -0.1) is 23.7 Å². The van der Waals surface area contributed by atoms with Crippen molar-refractivity contribution in [1.82, 2.24) is 4.98 Å². The van der Waals surface area contributed by atoms with Crippen molar-refractivity contribution in [2.24, 2.45) is 5.73 Å². The number of rotatable bonds is 6. The van der Waals surface area contributed by atoms with Crippen LogP contribution in [0, 0.1) is 13.8 Å². The number of thiazole rings is 1. The van der Waals surface area contributed by atoms with Crippen molar-refractivity contribution in [2.45, 2.75) is 26.3 Å². The molecule has 1 heterocycles. The van der Waals surface area contributed by atoms with Crippen LogP contribution in [0.15, 0.2) is 54.7 Å². The van der Waals surface area contributed by atoms with Gasteiger partial charge in [-0.2, -0.15) is 0 Å². The number of aryl methyl sites for hydroxylation is 2. The summed E-state index contributed by atoms with van der Waals surface area (Å²) in [4.78, 5) is 20.3. The standard InChI is InChI=1S/C21H22ClN3OS.ClH/c1-14-3-5-16(6-4-14)11-12-25(21-24-13-15(2)27-21)20(26)19(23)17-7-9-18(22)10-8-17;/h3-10,13,19H,11-12,23H2,1-2H3;1H/t19-;/m0./s1. The zero-order valence-electron chi connectivity index (χ0n) is 15.8. The van der Waals surface area contributed by atoms with E-state index in [1.807, 2.05) is 6.92 Å². The minimum atomic E-state index is -0.760.